The quantitative estimate of drug-likeness (QED) is 0.279. The molecule has 2 fully saturated rings. The van der Waals surface area contributed by atoms with E-state index in [0.29, 0.717) is 48.9 Å². The number of aromatic nitrogens is 5. The number of amides is 1. The van der Waals surface area contributed by atoms with Crippen LogP contribution in [-0.4, -0.2) is 84.5 Å². The van der Waals surface area contributed by atoms with E-state index in [4.69, 9.17) is 0 Å². The van der Waals surface area contributed by atoms with Crippen LogP contribution >= 0.6 is 0 Å². The lowest BCUT2D eigenvalue weighted by Crippen LogP contribution is -2.53. The topological polar surface area (TPSA) is 144 Å². The van der Waals surface area contributed by atoms with E-state index in [1.54, 1.807) is 52.3 Å². The van der Waals surface area contributed by atoms with Crippen LogP contribution in [0.3, 0.4) is 0 Å². The highest BCUT2D eigenvalue weighted by atomic mass is 32.2. The van der Waals surface area contributed by atoms with Gasteiger partial charge in [-0.05, 0) is 48.6 Å². The average molecular weight is 668 g/mol. The molecule has 0 saturated carbocycles. The first-order valence-corrected chi connectivity index (χ1v) is 17.5. The van der Waals surface area contributed by atoms with E-state index in [2.05, 4.69) is 15.0 Å². The number of nitrogens with zero attached hydrogens (tertiary/aromatic N) is 7. The molecule has 0 unspecified atom stereocenters. The van der Waals surface area contributed by atoms with Crippen LogP contribution in [0.4, 0.5) is 0 Å². The number of hydrogen-bond acceptors (Lipinski definition) is 8. The molecular weight excluding hydrogens is 630 g/mol. The third-order valence-corrected chi connectivity index (χ3v) is 11.7. The fourth-order valence-electron chi connectivity index (χ4n) is 7.05. The van der Waals surface area contributed by atoms with Crippen molar-refractivity contribution in [3.63, 3.8) is 0 Å². The van der Waals surface area contributed by atoms with Crippen LogP contribution in [0.2, 0.25) is 0 Å². The molecule has 5 heterocycles. The summed E-state index contributed by atoms with van der Waals surface area (Å²) in [6.07, 6.45) is 8.95. The average Bonchev–Trinajstić information content (AvgIpc) is 3.51. The highest BCUT2D eigenvalue weighted by Crippen LogP contribution is 2.37. The van der Waals surface area contributed by atoms with Gasteiger partial charge in [0.1, 0.15) is 18.3 Å². The van der Waals surface area contributed by atoms with E-state index < -0.39 is 21.5 Å². The maximum absolute atomic E-state index is 14.1. The zero-order valence-corrected chi connectivity index (χ0v) is 27.4. The van der Waals surface area contributed by atoms with E-state index in [-0.39, 0.29) is 41.9 Å². The second-order valence-corrected chi connectivity index (χ2v) is 14.8. The molecule has 2 aromatic carbocycles. The fraction of sp³-hybridized carbons (Fsp3) is 0.343. The number of fused-ring (bicyclic) bond motifs is 1. The van der Waals surface area contributed by atoms with E-state index in [9.17, 15) is 23.1 Å². The highest BCUT2D eigenvalue weighted by Gasteiger charge is 2.43. The Morgan fingerprint density at radius 3 is 2.48 bits per heavy atom. The van der Waals surface area contributed by atoms with Crippen LogP contribution in [0.5, 0.6) is 0 Å². The number of carbonyl (C=O) groups is 1. The van der Waals surface area contributed by atoms with Crippen molar-refractivity contribution >= 4 is 27.0 Å². The van der Waals surface area contributed by atoms with Gasteiger partial charge in [0.05, 0.1) is 22.4 Å². The van der Waals surface area contributed by atoms with E-state index >= 15 is 0 Å². The van der Waals surface area contributed by atoms with Gasteiger partial charge in [-0.3, -0.25) is 14.2 Å². The highest BCUT2D eigenvalue weighted by molar-refractivity contribution is 7.89. The Labute approximate surface area is 278 Å². The van der Waals surface area contributed by atoms with Gasteiger partial charge in [0.25, 0.3) is 5.56 Å². The lowest BCUT2D eigenvalue weighted by molar-refractivity contribution is -0.142. The number of sulfonamides is 1. The molecule has 248 valence electrons. The molecule has 0 radical (unpaired) electrons. The molecule has 7 rings (SSSR count). The standard InChI is InChI=1S/C35H37N7O5S/c1-39-14-10-30-32(39)38-24-41(34(30)44)22-35(45)12-16-40(17-13-35)33(43)29-11-15-42(21-31(29)25-6-3-2-4-7-25)48(46,47)28-9-5-8-26(18-28)27-19-36-23-37-20-27/h2-10,14,18-20,23-24,29,31,45H,11-13,15-17,21-22H2,1H3/t29-,31+/m1/s1. The number of hydrogen-bond donors (Lipinski definition) is 1. The molecule has 0 spiro atoms. The van der Waals surface area contributed by atoms with Crippen LogP contribution < -0.4 is 5.56 Å². The number of likely N-dealkylation sites (tertiary alicyclic amines) is 1. The van der Waals surface area contributed by atoms with Crippen molar-refractivity contribution in [2.45, 2.75) is 42.2 Å². The molecule has 2 aliphatic rings. The molecular formula is C35H37N7O5S. The Morgan fingerprint density at radius 1 is 0.979 bits per heavy atom. The largest absolute Gasteiger partial charge is 0.388 e. The molecule has 0 bridgehead atoms. The van der Waals surface area contributed by atoms with Gasteiger partial charge in [-0.15, -0.1) is 0 Å². The minimum Gasteiger partial charge on any atom is -0.388 e. The molecule has 1 amide bonds. The van der Waals surface area contributed by atoms with E-state index in [0.717, 1.165) is 11.1 Å². The Hall–Kier alpha value is -4.72. The van der Waals surface area contributed by atoms with Gasteiger partial charge in [-0.2, -0.15) is 4.31 Å². The smallest absolute Gasteiger partial charge is 0.262 e. The monoisotopic (exact) mass is 667 g/mol. The number of carbonyl (C=O) groups excluding carboxylic acids is 1. The Bertz CT molecular complexity index is 2110. The van der Waals surface area contributed by atoms with Gasteiger partial charge >= 0.3 is 0 Å². The molecule has 5 aromatic rings. The van der Waals surface area contributed by atoms with Crippen LogP contribution in [0.1, 0.15) is 30.7 Å². The molecule has 2 aliphatic heterocycles. The first-order valence-electron chi connectivity index (χ1n) is 16.1. The lowest BCUT2D eigenvalue weighted by Gasteiger charge is -2.43. The van der Waals surface area contributed by atoms with Crippen LogP contribution in [-0.2, 0) is 28.4 Å². The van der Waals surface area contributed by atoms with Crippen molar-refractivity contribution in [1.29, 1.82) is 0 Å². The molecule has 2 saturated heterocycles. The van der Waals surface area contributed by atoms with Crippen LogP contribution in [0, 0.1) is 5.92 Å². The van der Waals surface area contributed by atoms with Crippen LogP contribution in [0.15, 0.2) is 102 Å². The van der Waals surface area contributed by atoms with Crippen LogP contribution in [0.25, 0.3) is 22.2 Å². The predicted octanol–water partition coefficient (Wildman–Crippen LogP) is 3.04. The number of aliphatic hydroxyl groups is 1. The Morgan fingerprint density at radius 2 is 1.73 bits per heavy atom. The van der Waals surface area contributed by atoms with Crippen molar-refractivity contribution in [2.24, 2.45) is 13.0 Å². The summed E-state index contributed by atoms with van der Waals surface area (Å²) >= 11 is 0. The van der Waals surface area contributed by atoms with E-state index in [1.165, 1.54) is 21.5 Å². The first kappa shape index (κ1) is 31.9. The zero-order chi connectivity index (χ0) is 33.5. The maximum atomic E-state index is 14.1. The normalized spacial score (nSPS) is 20.2. The number of piperidine rings is 2. The Balaban J connectivity index is 1.07. The molecule has 13 heteroatoms. The van der Waals surface area contributed by atoms with Gasteiger partial charge in [0, 0.05) is 69.2 Å². The van der Waals surface area contributed by atoms with Gasteiger partial charge in [0.2, 0.25) is 15.9 Å². The van der Waals surface area contributed by atoms with Gasteiger partial charge in [-0.1, -0.05) is 42.5 Å². The zero-order valence-electron chi connectivity index (χ0n) is 26.6. The third kappa shape index (κ3) is 6.04. The summed E-state index contributed by atoms with van der Waals surface area (Å²) < 4.78 is 32.7. The molecule has 48 heavy (non-hydrogen) atoms. The first-order chi connectivity index (χ1) is 23.1. The number of rotatable bonds is 7. The molecule has 1 N–H and O–H groups in total. The summed E-state index contributed by atoms with van der Waals surface area (Å²) in [5, 5.41) is 12.0. The minimum atomic E-state index is -3.87. The van der Waals surface area contributed by atoms with Gasteiger partial charge in [-0.25, -0.2) is 23.4 Å². The van der Waals surface area contributed by atoms with Crippen molar-refractivity contribution in [3.8, 4) is 11.1 Å². The number of benzene rings is 2. The second kappa shape index (κ2) is 12.7. The maximum Gasteiger partial charge on any atom is 0.262 e. The SMILES string of the molecule is Cn1ccc2c(=O)n(CC3(O)CCN(C(=O)[C@@H]4CCN(S(=O)(=O)c5cccc(-c6cncnc6)c5)C[C@H]4c4ccccc4)CC3)cnc21. The minimum absolute atomic E-state index is 0.0430. The van der Waals surface area contributed by atoms with Gasteiger partial charge in [0.15, 0.2) is 0 Å². The van der Waals surface area contributed by atoms with Crippen molar-refractivity contribution < 1.29 is 18.3 Å². The third-order valence-electron chi connectivity index (χ3n) is 9.81. The summed E-state index contributed by atoms with van der Waals surface area (Å²) in [6, 6.07) is 18.1. The fourth-order valence-corrected chi connectivity index (χ4v) is 8.58. The van der Waals surface area contributed by atoms with Crippen molar-refractivity contribution in [1.82, 2.24) is 33.3 Å². The summed E-state index contributed by atoms with van der Waals surface area (Å²) in [6.45, 7) is 1.13. The summed E-state index contributed by atoms with van der Waals surface area (Å²) in [4.78, 5) is 41.7. The molecule has 0 aliphatic carbocycles. The molecule has 12 nitrogen and oxygen atoms in total. The lowest BCUT2D eigenvalue weighted by atomic mass is 9.80. The Kier molecular flexibility index (Phi) is 8.44. The van der Waals surface area contributed by atoms with Crippen molar-refractivity contribution in [3.05, 3.63) is 108 Å². The predicted molar refractivity (Wildman–Crippen MR) is 179 cm³/mol. The number of aryl methyl sites for hydroxylation is 1. The molecule has 2 atom stereocenters. The van der Waals surface area contributed by atoms with Gasteiger partial charge < -0.3 is 14.6 Å². The second-order valence-electron chi connectivity index (χ2n) is 12.8. The molecule has 3 aromatic heterocycles. The van der Waals surface area contributed by atoms with Crippen molar-refractivity contribution in [2.75, 3.05) is 26.2 Å². The summed E-state index contributed by atoms with van der Waals surface area (Å²) in [7, 11) is -2.04. The van der Waals surface area contributed by atoms with E-state index in [1.807, 2.05) is 43.4 Å². The summed E-state index contributed by atoms with van der Waals surface area (Å²) in [5.74, 6) is -0.820. The summed E-state index contributed by atoms with van der Waals surface area (Å²) in [5.41, 5.74) is 1.54.